The summed E-state index contributed by atoms with van der Waals surface area (Å²) in [6, 6.07) is 0. The van der Waals surface area contributed by atoms with E-state index in [2.05, 4.69) is 41.5 Å². The van der Waals surface area contributed by atoms with Crippen molar-refractivity contribution in [2.75, 3.05) is 39.6 Å². The highest BCUT2D eigenvalue weighted by Crippen LogP contribution is 2.45. The fraction of sp³-hybridized carbons (Fsp3) is 0.957. The second kappa shape index (κ2) is 83.1. The van der Waals surface area contributed by atoms with Crippen LogP contribution in [-0.4, -0.2) is 96.7 Å². The number of ether oxygens (including phenoxy) is 4. The first-order valence-electron chi connectivity index (χ1n) is 47.5. The molecule has 0 aromatic carbocycles. The Morgan fingerprint density at radius 2 is 0.459 bits per heavy atom. The molecule has 0 saturated carbocycles. The smallest absolute Gasteiger partial charge is 0.462 e. The van der Waals surface area contributed by atoms with Crippen LogP contribution in [0.3, 0.4) is 0 Å². The summed E-state index contributed by atoms with van der Waals surface area (Å²) in [4.78, 5) is 73.5. The van der Waals surface area contributed by atoms with Gasteiger partial charge in [-0.15, -0.1) is 0 Å². The predicted octanol–water partition coefficient (Wildman–Crippen LogP) is 28.6. The van der Waals surface area contributed by atoms with E-state index in [1.165, 1.54) is 315 Å². The van der Waals surface area contributed by atoms with Gasteiger partial charge in [0.25, 0.3) is 0 Å². The van der Waals surface area contributed by atoms with Crippen LogP contribution in [0, 0.1) is 11.8 Å². The van der Waals surface area contributed by atoms with Gasteiger partial charge in [0.15, 0.2) is 12.2 Å². The highest BCUT2D eigenvalue weighted by Gasteiger charge is 2.31. The number of phosphoric acid groups is 2. The lowest BCUT2D eigenvalue weighted by Crippen LogP contribution is -2.30. The van der Waals surface area contributed by atoms with Gasteiger partial charge in [0.05, 0.1) is 26.4 Å². The third-order valence-electron chi connectivity index (χ3n) is 22.1. The van der Waals surface area contributed by atoms with Gasteiger partial charge in [-0.2, -0.15) is 0 Å². The van der Waals surface area contributed by atoms with Crippen LogP contribution < -0.4 is 0 Å². The summed E-state index contributed by atoms with van der Waals surface area (Å²) in [6.45, 7) is 9.81. The Morgan fingerprint density at radius 1 is 0.261 bits per heavy atom. The van der Waals surface area contributed by atoms with Crippen molar-refractivity contribution in [3.63, 3.8) is 0 Å². The topological polar surface area (TPSA) is 237 Å². The molecule has 111 heavy (non-hydrogen) atoms. The van der Waals surface area contributed by atoms with E-state index in [9.17, 15) is 43.2 Å². The van der Waals surface area contributed by atoms with Crippen LogP contribution in [0.2, 0.25) is 0 Å². The maximum absolute atomic E-state index is 13.2. The Balaban J connectivity index is 5.25. The molecule has 6 atom stereocenters. The predicted molar refractivity (Wildman–Crippen MR) is 460 cm³/mol. The molecule has 0 aliphatic rings. The number of aliphatic hydroxyl groups is 1. The van der Waals surface area contributed by atoms with E-state index < -0.39 is 97.5 Å². The first-order valence-corrected chi connectivity index (χ1v) is 50.5. The Morgan fingerprint density at radius 3 is 0.685 bits per heavy atom. The molecule has 0 saturated heterocycles. The minimum atomic E-state index is -4.97. The van der Waals surface area contributed by atoms with Gasteiger partial charge in [0.2, 0.25) is 0 Å². The summed E-state index contributed by atoms with van der Waals surface area (Å²) >= 11 is 0. The van der Waals surface area contributed by atoms with E-state index in [4.69, 9.17) is 37.0 Å². The monoisotopic (exact) mass is 1620 g/mol. The van der Waals surface area contributed by atoms with Gasteiger partial charge in [-0.1, -0.05) is 446 Å². The van der Waals surface area contributed by atoms with Crippen LogP contribution in [0.15, 0.2) is 0 Å². The molecular weight excluding hydrogens is 1440 g/mol. The molecule has 3 N–H and O–H groups in total. The Hall–Kier alpha value is -1.94. The van der Waals surface area contributed by atoms with Crippen LogP contribution in [0.25, 0.3) is 0 Å². The maximum atomic E-state index is 13.2. The summed E-state index contributed by atoms with van der Waals surface area (Å²) in [5.41, 5.74) is 0. The van der Waals surface area contributed by atoms with Crippen LogP contribution in [0.1, 0.15) is 497 Å². The molecule has 0 spiro atoms. The van der Waals surface area contributed by atoms with Crippen LogP contribution >= 0.6 is 15.6 Å². The fourth-order valence-corrected chi connectivity index (χ4v) is 16.0. The largest absolute Gasteiger partial charge is 0.472 e. The van der Waals surface area contributed by atoms with Gasteiger partial charge < -0.3 is 33.8 Å². The molecule has 0 radical (unpaired) electrons. The lowest BCUT2D eigenvalue weighted by molar-refractivity contribution is -0.161. The first-order chi connectivity index (χ1) is 53.9. The molecule has 0 aliphatic carbocycles. The van der Waals surface area contributed by atoms with Crippen LogP contribution in [0.4, 0.5) is 0 Å². The standard InChI is InChI=1S/C92H180O17P2/c1-7-10-12-14-16-18-20-22-23-24-25-29-34-39-45-51-57-63-69-75-90(95)103-81-88(109-91(96)76-70-64-58-52-46-40-35-30-27-26-28-33-38-43-49-55-61-67-73-85(6)9-3)83-107-111(100,101)105-79-86(93)78-104-110(98,99)106-82-87(80-102-89(94)74-68-62-56-50-44-21-19-17-15-13-11-8-2)108-92(97)77-71-65-59-53-47-41-36-31-32-37-42-48-54-60-66-72-84(4)5/h84-88,93H,7-83H2,1-6H3,(H,98,99)(H,100,101)/t85?,86-,87+,88+/m0/s1. The summed E-state index contributed by atoms with van der Waals surface area (Å²) in [5, 5.41) is 10.7. The molecule has 0 fully saturated rings. The number of carbonyl (C=O) groups excluding carboxylic acids is 4. The van der Waals surface area contributed by atoms with Crippen molar-refractivity contribution in [3.8, 4) is 0 Å². The Kier molecular flexibility index (Phi) is 81.7. The van der Waals surface area contributed by atoms with Gasteiger partial charge in [-0.3, -0.25) is 37.3 Å². The molecule has 0 amide bonds. The van der Waals surface area contributed by atoms with Crippen molar-refractivity contribution in [2.45, 2.75) is 516 Å². The Bertz CT molecular complexity index is 2120. The average molecular weight is 1620 g/mol. The molecule has 0 aromatic rings. The number of unbranched alkanes of at least 4 members (excludes halogenated alkanes) is 60. The number of hydrogen-bond donors (Lipinski definition) is 3. The van der Waals surface area contributed by atoms with Crippen LogP contribution in [0.5, 0.6) is 0 Å². The summed E-state index contributed by atoms with van der Waals surface area (Å²) in [5.74, 6) is -0.419. The summed E-state index contributed by atoms with van der Waals surface area (Å²) in [6.07, 6.45) is 77.7. The normalized spacial score (nSPS) is 14.0. The number of carbonyl (C=O) groups is 4. The van der Waals surface area contributed by atoms with E-state index >= 15 is 0 Å². The van der Waals surface area contributed by atoms with Crippen molar-refractivity contribution >= 4 is 39.5 Å². The molecule has 0 heterocycles. The van der Waals surface area contributed by atoms with E-state index in [-0.39, 0.29) is 25.7 Å². The van der Waals surface area contributed by atoms with Crippen molar-refractivity contribution in [2.24, 2.45) is 11.8 Å². The number of hydrogen-bond acceptors (Lipinski definition) is 15. The second-order valence-electron chi connectivity index (χ2n) is 33.8. The van der Waals surface area contributed by atoms with Gasteiger partial charge in [0.1, 0.15) is 19.3 Å². The lowest BCUT2D eigenvalue weighted by atomic mass is 9.99. The third kappa shape index (κ3) is 84.3. The molecule has 0 aromatic heterocycles. The van der Waals surface area contributed by atoms with E-state index in [0.717, 1.165) is 102 Å². The number of aliphatic hydroxyl groups excluding tert-OH is 1. The quantitative estimate of drug-likeness (QED) is 0.0222. The lowest BCUT2D eigenvalue weighted by Gasteiger charge is -2.21. The van der Waals surface area contributed by atoms with Gasteiger partial charge in [0, 0.05) is 25.7 Å². The van der Waals surface area contributed by atoms with E-state index in [1.807, 2.05) is 0 Å². The summed E-state index contributed by atoms with van der Waals surface area (Å²) in [7, 11) is -9.94. The van der Waals surface area contributed by atoms with Crippen molar-refractivity contribution in [1.29, 1.82) is 0 Å². The number of phosphoric ester groups is 2. The molecule has 660 valence electrons. The fourth-order valence-electron chi connectivity index (χ4n) is 14.4. The SMILES string of the molecule is CCCCCCCCCCCCCCCCCCCCCC(=O)OC[C@H](COP(=O)(O)OC[C@@H](O)COP(=O)(O)OC[C@@H](COC(=O)CCCCCCCCCCCCCC)OC(=O)CCCCCCCCCCCCCCCCCC(C)C)OC(=O)CCCCCCCCCCCCCCCCCCCCC(C)CC. The zero-order valence-corrected chi connectivity index (χ0v) is 75.1. The first kappa shape index (κ1) is 109. The van der Waals surface area contributed by atoms with Gasteiger partial charge in [-0.25, -0.2) is 9.13 Å². The minimum Gasteiger partial charge on any atom is -0.462 e. The van der Waals surface area contributed by atoms with Crippen molar-refractivity contribution in [3.05, 3.63) is 0 Å². The zero-order valence-electron chi connectivity index (χ0n) is 73.3. The second-order valence-corrected chi connectivity index (χ2v) is 36.7. The molecule has 0 bridgehead atoms. The van der Waals surface area contributed by atoms with Crippen LogP contribution in [-0.2, 0) is 65.4 Å². The third-order valence-corrected chi connectivity index (χ3v) is 24.0. The number of rotatable bonds is 91. The molecule has 19 heteroatoms. The van der Waals surface area contributed by atoms with E-state index in [0.29, 0.717) is 25.7 Å². The number of esters is 4. The molecular formula is C92H180O17P2. The highest BCUT2D eigenvalue weighted by atomic mass is 31.2. The van der Waals surface area contributed by atoms with Gasteiger partial charge in [-0.05, 0) is 37.5 Å². The Labute approximate surface area is 683 Å². The minimum absolute atomic E-state index is 0.109. The molecule has 0 rings (SSSR count). The maximum Gasteiger partial charge on any atom is 0.472 e. The zero-order chi connectivity index (χ0) is 81.3. The molecule has 3 unspecified atom stereocenters. The highest BCUT2D eigenvalue weighted by molar-refractivity contribution is 7.47. The van der Waals surface area contributed by atoms with Crippen molar-refractivity contribution < 1.29 is 80.2 Å². The van der Waals surface area contributed by atoms with Gasteiger partial charge >= 0.3 is 39.5 Å². The summed E-state index contributed by atoms with van der Waals surface area (Å²) < 4.78 is 69.1. The average Bonchev–Trinajstić information content (AvgIpc) is 0.897. The van der Waals surface area contributed by atoms with E-state index in [1.54, 1.807) is 0 Å². The molecule has 0 aliphatic heterocycles. The molecule has 17 nitrogen and oxygen atoms in total. The van der Waals surface area contributed by atoms with Crippen molar-refractivity contribution in [1.82, 2.24) is 0 Å².